The van der Waals surface area contributed by atoms with E-state index in [1.54, 1.807) is 19.1 Å². The van der Waals surface area contributed by atoms with Crippen molar-refractivity contribution in [1.82, 2.24) is 16.0 Å². The minimum absolute atomic E-state index is 0.284. The first kappa shape index (κ1) is 17.2. The number of nitrogens with one attached hydrogen (secondary N) is 3. The number of benzene rings is 1. The molecule has 1 aliphatic carbocycles. The lowest BCUT2D eigenvalue weighted by Crippen LogP contribution is -2.39. The van der Waals surface area contributed by atoms with E-state index in [9.17, 15) is 9.18 Å². The largest absolute Gasteiger partial charge is 0.357 e. The zero-order valence-corrected chi connectivity index (χ0v) is 13.9. The van der Waals surface area contributed by atoms with Crippen molar-refractivity contribution in [2.24, 2.45) is 10.9 Å². The number of nitrogens with zero attached hydrogens (tertiary/aromatic N) is 1. The second-order valence-electron chi connectivity index (χ2n) is 5.94. The van der Waals surface area contributed by atoms with Gasteiger partial charge in [0.2, 0.25) is 0 Å². The maximum Gasteiger partial charge on any atom is 0.251 e. The molecule has 2 rings (SSSR count). The quantitative estimate of drug-likeness (QED) is 0.426. The van der Waals surface area contributed by atoms with Gasteiger partial charge < -0.3 is 16.0 Å². The van der Waals surface area contributed by atoms with Crippen LogP contribution in [0.15, 0.2) is 23.2 Å². The van der Waals surface area contributed by atoms with Crippen molar-refractivity contribution in [3.8, 4) is 0 Å². The van der Waals surface area contributed by atoms with E-state index in [1.807, 2.05) is 6.92 Å². The lowest BCUT2D eigenvalue weighted by molar-refractivity contribution is 0.0954. The predicted molar refractivity (Wildman–Crippen MR) is 90.2 cm³/mol. The van der Waals surface area contributed by atoms with Crippen LogP contribution in [0.1, 0.15) is 36.2 Å². The Balaban J connectivity index is 1.79. The Bertz CT molecular complexity index is 588. The number of halogens is 1. The number of rotatable bonds is 6. The molecule has 23 heavy (non-hydrogen) atoms. The molecule has 0 aromatic heterocycles. The van der Waals surface area contributed by atoms with Crippen LogP contribution in [-0.2, 0) is 0 Å². The maximum absolute atomic E-state index is 13.5. The number of amides is 1. The molecule has 0 radical (unpaired) electrons. The lowest BCUT2D eigenvalue weighted by Gasteiger charge is -2.11. The average molecular weight is 320 g/mol. The number of hydrogen-bond acceptors (Lipinski definition) is 2. The van der Waals surface area contributed by atoms with Crippen LogP contribution in [0.5, 0.6) is 0 Å². The summed E-state index contributed by atoms with van der Waals surface area (Å²) in [5.74, 6) is 0.813. The van der Waals surface area contributed by atoms with Gasteiger partial charge in [-0.15, -0.1) is 0 Å². The van der Waals surface area contributed by atoms with Gasteiger partial charge in [-0.05, 0) is 43.9 Å². The molecule has 1 aliphatic rings. The van der Waals surface area contributed by atoms with Crippen molar-refractivity contribution >= 4 is 11.9 Å². The van der Waals surface area contributed by atoms with Crippen molar-refractivity contribution in [1.29, 1.82) is 0 Å². The molecule has 0 spiro atoms. The number of aliphatic imine (C=N–C) groups is 1. The van der Waals surface area contributed by atoms with Crippen LogP contribution in [0.2, 0.25) is 0 Å². The van der Waals surface area contributed by atoms with E-state index in [-0.39, 0.29) is 11.7 Å². The molecule has 6 heteroatoms. The molecule has 3 N–H and O–H groups in total. The van der Waals surface area contributed by atoms with Gasteiger partial charge in [-0.3, -0.25) is 9.79 Å². The Hall–Kier alpha value is -2.11. The molecule has 1 fully saturated rings. The zero-order valence-electron chi connectivity index (χ0n) is 13.9. The third-order valence-electron chi connectivity index (χ3n) is 3.88. The number of guanidine groups is 1. The van der Waals surface area contributed by atoms with Gasteiger partial charge in [0.05, 0.1) is 6.54 Å². The highest BCUT2D eigenvalue weighted by atomic mass is 19.1. The number of hydrogen-bond donors (Lipinski definition) is 3. The normalized spacial score (nSPS) is 20.1. The van der Waals surface area contributed by atoms with Gasteiger partial charge in [0.1, 0.15) is 5.82 Å². The molecular weight excluding hydrogens is 295 g/mol. The van der Waals surface area contributed by atoms with Gasteiger partial charge in [-0.1, -0.05) is 13.0 Å². The van der Waals surface area contributed by atoms with Crippen molar-refractivity contribution < 1.29 is 9.18 Å². The van der Waals surface area contributed by atoms with Crippen LogP contribution in [0.4, 0.5) is 4.39 Å². The second kappa shape index (κ2) is 7.94. The third kappa shape index (κ3) is 5.23. The summed E-state index contributed by atoms with van der Waals surface area (Å²) in [5, 5.41) is 9.29. The molecule has 1 saturated carbocycles. The van der Waals surface area contributed by atoms with Gasteiger partial charge in [0.25, 0.3) is 5.91 Å². The molecule has 0 bridgehead atoms. The first-order valence-corrected chi connectivity index (χ1v) is 8.10. The highest BCUT2D eigenvalue weighted by Crippen LogP contribution is 2.28. The Morgan fingerprint density at radius 2 is 2.13 bits per heavy atom. The summed E-state index contributed by atoms with van der Waals surface area (Å²) in [7, 11) is 0. The molecule has 1 amide bonds. The van der Waals surface area contributed by atoms with E-state index in [2.05, 4.69) is 27.9 Å². The minimum Gasteiger partial charge on any atom is -0.357 e. The molecule has 0 heterocycles. The smallest absolute Gasteiger partial charge is 0.251 e. The molecule has 1 aromatic carbocycles. The fourth-order valence-electron chi connectivity index (χ4n) is 2.19. The van der Waals surface area contributed by atoms with E-state index in [0.29, 0.717) is 36.2 Å². The molecule has 0 aliphatic heterocycles. The van der Waals surface area contributed by atoms with Gasteiger partial charge in [0.15, 0.2) is 5.96 Å². The van der Waals surface area contributed by atoms with E-state index >= 15 is 0 Å². The van der Waals surface area contributed by atoms with Gasteiger partial charge in [-0.2, -0.15) is 0 Å². The predicted octanol–water partition coefficient (Wildman–Crippen LogP) is 1.83. The van der Waals surface area contributed by atoms with E-state index in [4.69, 9.17) is 0 Å². The van der Waals surface area contributed by atoms with E-state index in [1.165, 1.54) is 12.5 Å². The average Bonchev–Trinajstić information content (AvgIpc) is 3.21. The number of carbonyl (C=O) groups is 1. The summed E-state index contributed by atoms with van der Waals surface area (Å²) in [6.45, 7) is 7.55. The van der Waals surface area contributed by atoms with E-state index in [0.717, 1.165) is 12.5 Å². The molecule has 126 valence electrons. The SMILES string of the molecule is CCNC(=NCCNC(=O)c1ccc(C)c(F)c1)NC1CC1C. The summed E-state index contributed by atoms with van der Waals surface area (Å²) in [4.78, 5) is 16.4. The van der Waals surface area contributed by atoms with Crippen LogP contribution >= 0.6 is 0 Å². The maximum atomic E-state index is 13.5. The topological polar surface area (TPSA) is 65.5 Å². The van der Waals surface area contributed by atoms with Crippen molar-refractivity contribution in [2.45, 2.75) is 33.2 Å². The molecule has 1 aromatic rings. The molecule has 0 saturated heterocycles. The van der Waals surface area contributed by atoms with Crippen LogP contribution in [0.25, 0.3) is 0 Å². The Morgan fingerprint density at radius 3 is 2.74 bits per heavy atom. The Kier molecular flexibility index (Phi) is 5.96. The van der Waals surface area contributed by atoms with Crippen molar-refractivity contribution in [2.75, 3.05) is 19.6 Å². The summed E-state index contributed by atoms with van der Waals surface area (Å²) >= 11 is 0. The Labute approximate surface area is 136 Å². The van der Waals surface area contributed by atoms with Crippen LogP contribution in [-0.4, -0.2) is 37.5 Å². The highest BCUT2D eigenvalue weighted by molar-refractivity contribution is 5.94. The summed E-state index contributed by atoms with van der Waals surface area (Å²) in [5.41, 5.74) is 0.857. The van der Waals surface area contributed by atoms with Gasteiger partial charge in [-0.25, -0.2) is 4.39 Å². The third-order valence-corrected chi connectivity index (χ3v) is 3.88. The monoisotopic (exact) mass is 320 g/mol. The Morgan fingerprint density at radius 1 is 1.39 bits per heavy atom. The first-order chi connectivity index (χ1) is 11.0. The number of carbonyl (C=O) groups excluding carboxylic acids is 1. The molecule has 2 unspecified atom stereocenters. The van der Waals surface area contributed by atoms with Crippen molar-refractivity contribution in [3.63, 3.8) is 0 Å². The van der Waals surface area contributed by atoms with Crippen LogP contribution in [0.3, 0.4) is 0 Å². The molecule has 5 nitrogen and oxygen atoms in total. The van der Waals surface area contributed by atoms with Crippen molar-refractivity contribution in [3.05, 3.63) is 35.1 Å². The van der Waals surface area contributed by atoms with Crippen LogP contribution in [0, 0.1) is 18.7 Å². The van der Waals surface area contributed by atoms with Gasteiger partial charge >= 0.3 is 0 Å². The molecular formula is C17H25FN4O. The standard InChI is InChI=1S/C17H25FN4O/c1-4-19-17(22-15-9-12(15)3)21-8-7-20-16(23)13-6-5-11(2)14(18)10-13/h5-6,10,12,15H,4,7-9H2,1-3H3,(H,20,23)(H2,19,21,22). The lowest BCUT2D eigenvalue weighted by atomic mass is 10.1. The zero-order chi connectivity index (χ0) is 16.8. The second-order valence-corrected chi connectivity index (χ2v) is 5.94. The van der Waals surface area contributed by atoms with E-state index < -0.39 is 0 Å². The summed E-state index contributed by atoms with van der Waals surface area (Å²) < 4.78 is 13.5. The number of aryl methyl sites for hydroxylation is 1. The molecule has 2 atom stereocenters. The fraction of sp³-hybridized carbons (Fsp3) is 0.529. The van der Waals surface area contributed by atoms with Gasteiger partial charge in [0, 0.05) is 24.7 Å². The first-order valence-electron chi connectivity index (χ1n) is 8.10. The fourth-order valence-corrected chi connectivity index (χ4v) is 2.19. The van der Waals surface area contributed by atoms with Crippen LogP contribution < -0.4 is 16.0 Å². The highest BCUT2D eigenvalue weighted by Gasteiger charge is 2.33. The summed E-state index contributed by atoms with van der Waals surface area (Å²) in [6.07, 6.45) is 1.17. The summed E-state index contributed by atoms with van der Waals surface area (Å²) in [6, 6.07) is 4.98. The minimum atomic E-state index is -0.368.